The fraction of sp³-hybridized carbons (Fsp3) is 0.357. The zero-order valence-corrected chi connectivity index (χ0v) is 11.3. The molecule has 1 aliphatic rings. The van der Waals surface area contributed by atoms with Gasteiger partial charge in [-0.3, -0.25) is 4.68 Å². The maximum atomic E-state index is 10.5. The SMILES string of the molecule is Cn1ncc(Cl)c1C(O)C1COc2ccccc2C1. The first-order chi connectivity index (χ1) is 9.16. The lowest BCUT2D eigenvalue weighted by molar-refractivity contribution is 0.0587. The topological polar surface area (TPSA) is 47.3 Å². The Labute approximate surface area is 116 Å². The Balaban J connectivity index is 1.85. The second-order valence-corrected chi connectivity index (χ2v) is 5.24. The van der Waals surface area contributed by atoms with Gasteiger partial charge in [-0.15, -0.1) is 0 Å². The van der Waals surface area contributed by atoms with Crippen LogP contribution >= 0.6 is 11.6 Å². The number of para-hydroxylation sites is 1. The van der Waals surface area contributed by atoms with Crippen molar-refractivity contribution in [1.82, 2.24) is 9.78 Å². The van der Waals surface area contributed by atoms with Crippen molar-refractivity contribution in [1.29, 1.82) is 0 Å². The van der Waals surface area contributed by atoms with Crippen LogP contribution in [0.15, 0.2) is 30.5 Å². The third-order valence-corrected chi connectivity index (χ3v) is 3.86. The third-order valence-electron chi connectivity index (χ3n) is 3.57. The lowest BCUT2D eigenvalue weighted by Gasteiger charge is -2.29. The second-order valence-electron chi connectivity index (χ2n) is 4.83. The van der Waals surface area contributed by atoms with Gasteiger partial charge in [0.25, 0.3) is 0 Å². The summed E-state index contributed by atoms with van der Waals surface area (Å²) in [6, 6.07) is 7.91. The van der Waals surface area contributed by atoms with Gasteiger partial charge in [-0.1, -0.05) is 29.8 Å². The van der Waals surface area contributed by atoms with E-state index in [4.69, 9.17) is 16.3 Å². The quantitative estimate of drug-likeness (QED) is 0.917. The van der Waals surface area contributed by atoms with Crippen LogP contribution in [0.25, 0.3) is 0 Å². The molecule has 1 aromatic carbocycles. The van der Waals surface area contributed by atoms with Crippen molar-refractivity contribution >= 4 is 11.6 Å². The molecule has 2 heterocycles. The summed E-state index contributed by atoms with van der Waals surface area (Å²) in [7, 11) is 1.78. The van der Waals surface area contributed by atoms with E-state index in [9.17, 15) is 5.11 Å². The van der Waals surface area contributed by atoms with E-state index in [1.807, 2.05) is 24.3 Å². The molecule has 0 bridgehead atoms. The van der Waals surface area contributed by atoms with Crippen LogP contribution in [0.2, 0.25) is 5.02 Å². The molecule has 0 saturated heterocycles. The zero-order valence-electron chi connectivity index (χ0n) is 10.6. The predicted molar refractivity (Wildman–Crippen MR) is 72.3 cm³/mol. The Morgan fingerprint density at radius 1 is 1.47 bits per heavy atom. The van der Waals surface area contributed by atoms with E-state index < -0.39 is 6.10 Å². The highest BCUT2D eigenvalue weighted by Gasteiger charge is 2.30. The first kappa shape index (κ1) is 12.5. The zero-order chi connectivity index (χ0) is 13.4. The molecule has 3 rings (SSSR count). The standard InChI is InChI=1S/C14H15ClN2O2/c1-17-13(11(15)7-16-17)14(18)10-6-9-4-2-3-5-12(9)19-8-10/h2-5,7,10,14,18H,6,8H2,1H3. The molecule has 0 aliphatic carbocycles. The van der Waals surface area contributed by atoms with Crippen LogP contribution in [0.5, 0.6) is 5.75 Å². The number of rotatable bonds is 2. The summed E-state index contributed by atoms with van der Waals surface area (Å²) in [4.78, 5) is 0. The fourth-order valence-corrected chi connectivity index (χ4v) is 2.81. The Hall–Kier alpha value is -1.52. The Morgan fingerprint density at radius 2 is 2.26 bits per heavy atom. The number of halogens is 1. The summed E-state index contributed by atoms with van der Waals surface area (Å²) < 4.78 is 7.32. The van der Waals surface area contributed by atoms with E-state index in [-0.39, 0.29) is 5.92 Å². The Bertz CT molecular complexity index is 577. The number of ether oxygens (including phenoxy) is 1. The number of aliphatic hydroxyl groups is 1. The molecule has 0 radical (unpaired) electrons. The number of aliphatic hydroxyl groups excluding tert-OH is 1. The van der Waals surface area contributed by atoms with Crippen LogP contribution in [0, 0.1) is 5.92 Å². The molecule has 1 N–H and O–H groups in total. The van der Waals surface area contributed by atoms with Crippen LogP contribution < -0.4 is 4.74 Å². The minimum Gasteiger partial charge on any atom is -0.493 e. The number of fused-ring (bicyclic) bond motifs is 1. The lowest BCUT2D eigenvalue weighted by Crippen LogP contribution is -2.28. The second kappa shape index (κ2) is 4.87. The van der Waals surface area contributed by atoms with E-state index in [2.05, 4.69) is 5.10 Å². The van der Waals surface area contributed by atoms with Gasteiger partial charge in [-0.25, -0.2) is 0 Å². The lowest BCUT2D eigenvalue weighted by atomic mass is 9.90. The highest BCUT2D eigenvalue weighted by atomic mass is 35.5. The number of nitrogens with zero attached hydrogens (tertiary/aromatic N) is 2. The Morgan fingerprint density at radius 3 is 3.00 bits per heavy atom. The maximum absolute atomic E-state index is 10.5. The third kappa shape index (κ3) is 2.22. The van der Waals surface area contributed by atoms with Crippen LogP contribution in [0.4, 0.5) is 0 Å². The molecule has 1 aromatic heterocycles. The summed E-state index contributed by atoms with van der Waals surface area (Å²) in [5, 5.41) is 15.1. The van der Waals surface area contributed by atoms with Crippen LogP contribution in [-0.2, 0) is 13.5 Å². The van der Waals surface area contributed by atoms with E-state index in [1.165, 1.54) is 0 Å². The molecule has 100 valence electrons. The molecular formula is C14H15ClN2O2. The van der Waals surface area contributed by atoms with Crippen LogP contribution in [-0.4, -0.2) is 21.5 Å². The van der Waals surface area contributed by atoms with Crippen LogP contribution in [0.1, 0.15) is 17.4 Å². The van der Waals surface area contributed by atoms with Gasteiger partial charge in [0.1, 0.15) is 11.9 Å². The van der Waals surface area contributed by atoms with E-state index in [1.54, 1.807) is 17.9 Å². The highest BCUT2D eigenvalue weighted by molar-refractivity contribution is 6.31. The van der Waals surface area contributed by atoms with Crippen molar-refractivity contribution in [3.05, 3.63) is 46.7 Å². The molecule has 1 aliphatic heterocycles. The van der Waals surface area contributed by atoms with Crippen LogP contribution in [0.3, 0.4) is 0 Å². The normalized spacial score (nSPS) is 19.6. The van der Waals surface area contributed by atoms with Crippen molar-refractivity contribution in [3.8, 4) is 5.75 Å². The molecule has 19 heavy (non-hydrogen) atoms. The average Bonchev–Trinajstić information content (AvgIpc) is 2.77. The van der Waals surface area contributed by atoms with Crippen molar-refractivity contribution < 1.29 is 9.84 Å². The van der Waals surface area contributed by atoms with Gasteiger partial charge in [0.2, 0.25) is 0 Å². The number of hydrogen-bond donors (Lipinski definition) is 1. The molecule has 5 heteroatoms. The van der Waals surface area contributed by atoms with Gasteiger partial charge in [0, 0.05) is 13.0 Å². The first-order valence-corrected chi connectivity index (χ1v) is 6.61. The Kier molecular flexibility index (Phi) is 3.21. The molecule has 2 aromatic rings. The largest absolute Gasteiger partial charge is 0.493 e. The summed E-state index contributed by atoms with van der Waals surface area (Å²) in [6.45, 7) is 0.486. The van der Waals surface area contributed by atoms with Crippen molar-refractivity contribution in [3.63, 3.8) is 0 Å². The average molecular weight is 279 g/mol. The minimum absolute atomic E-state index is 0.0113. The predicted octanol–water partition coefficient (Wildman–Crippen LogP) is 2.36. The van der Waals surface area contributed by atoms with Gasteiger partial charge in [0.15, 0.2) is 0 Å². The van der Waals surface area contributed by atoms with Gasteiger partial charge in [-0.05, 0) is 18.1 Å². The number of aromatic nitrogens is 2. The number of aryl methyl sites for hydroxylation is 1. The maximum Gasteiger partial charge on any atom is 0.122 e. The summed E-state index contributed by atoms with van der Waals surface area (Å²) >= 11 is 6.08. The summed E-state index contributed by atoms with van der Waals surface area (Å²) in [6.07, 6.45) is 1.66. The van der Waals surface area contributed by atoms with Crippen molar-refractivity contribution in [2.45, 2.75) is 12.5 Å². The van der Waals surface area contributed by atoms with Gasteiger partial charge >= 0.3 is 0 Å². The molecule has 0 spiro atoms. The molecule has 2 unspecified atom stereocenters. The number of hydrogen-bond acceptors (Lipinski definition) is 3. The smallest absolute Gasteiger partial charge is 0.122 e. The van der Waals surface area contributed by atoms with Gasteiger partial charge in [-0.2, -0.15) is 5.10 Å². The monoisotopic (exact) mass is 278 g/mol. The summed E-state index contributed by atoms with van der Waals surface area (Å²) in [5.74, 6) is 0.893. The van der Waals surface area contributed by atoms with Crippen molar-refractivity contribution in [2.75, 3.05) is 6.61 Å². The highest BCUT2D eigenvalue weighted by Crippen LogP contribution is 2.35. The van der Waals surface area contributed by atoms with E-state index >= 15 is 0 Å². The summed E-state index contributed by atoms with van der Waals surface area (Å²) in [5.41, 5.74) is 1.77. The van der Waals surface area contributed by atoms with Gasteiger partial charge < -0.3 is 9.84 Å². The minimum atomic E-state index is -0.673. The molecular weight excluding hydrogens is 264 g/mol. The molecule has 0 amide bonds. The van der Waals surface area contributed by atoms with Gasteiger partial charge in [0.05, 0.1) is 23.5 Å². The molecule has 2 atom stereocenters. The molecule has 0 fully saturated rings. The van der Waals surface area contributed by atoms with E-state index in [0.717, 1.165) is 17.7 Å². The first-order valence-electron chi connectivity index (χ1n) is 6.23. The fourth-order valence-electron chi connectivity index (χ4n) is 2.53. The molecule has 0 saturated carbocycles. The molecule has 4 nitrogen and oxygen atoms in total. The van der Waals surface area contributed by atoms with E-state index in [0.29, 0.717) is 17.3 Å². The van der Waals surface area contributed by atoms with Crippen molar-refractivity contribution in [2.24, 2.45) is 13.0 Å². The number of benzene rings is 1.